The van der Waals surface area contributed by atoms with E-state index >= 15 is 0 Å². The van der Waals surface area contributed by atoms with Crippen molar-refractivity contribution < 1.29 is 19.4 Å². The standard InChI is InChI=1S/C40H25Cl4N5O4/c1-18-15-23(53-2)13-7-19(18)17-28(50)26-16-20-8-14-25-24-5-3-4-6-27(24)46-36(25)29(20)37(38(26)51)49-48-22-11-9-21(10-12-22)45-39-30-31(40(52)47-39)33(42)35(44)34(43)32(30)41/h3-16,46,51H,17H2,1-2H3,(H,45,47,52). The third kappa shape index (κ3) is 5.96. The Bertz CT molecular complexity index is 2780. The molecule has 13 heteroatoms. The largest absolute Gasteiger partial charge is 0.505 e. The van der Waals surface area contributed by atoms with E-state index in [2.05, 4.69) is 25.5 Å². The van der Waals surface area contributed by atoms with Crippen molar-refractivity contribution in [3.05, 3.63) is 133 Å². The molecule has 262 valence electrons. The maximum atomic E-state index is 13.8. The molecule has 1 aliphatic rings. The number of nitrogens with zero attached hydrogens (tertiary/aromatic N) is 3. The van der Waals surface area contributed by atoms with Crippen LogP contribution in [0, 0.1) is 6.92 Å². The number of para-hydroxylation sites is 1. The van der Waals surface area contributed by atoms with Crippen LogP contribution in [0.15, 0.2) is 100 Å². The Hall–Kier alpha value is -5.45. The van der Waals surface area contributed by atoms with E-state index in [1.54, 1.807) is 43.5 Å². The molecule has 0 bridgehead atoms. The Morgan fingerprint density at radius 2 is 1.53 bits per heavy atom. The van der Waals surface area contributed by atoms with Crippen LogP contribution in [0.2, 0.25) is 20.1 Å². The molecule has 2 heterocycles. The van der Waals surface area contributed by atoms with Gasteiger partial charge < -0.3 is 20.1 Å². The van der Waals surface area contributed by atoms with Gasteiger partial charge in [0, 0.05) is 28.1 Å². The summed E-state index contributed by atoms with van der Waals surface area (Å²) in [5.41, 5.74) is 4.88. The first kappa shape index (κ1) is 34.6. The molecule has 7 aromatic rings. The predicted molar refractivity (Wildman–Crippen MR) is 212 cm³/mol. The molecule has 3 N–H and O–H groups in total. The van der Waals surface area contributed by atoms with Crippen LogP contribution in [0.4, 0.5) is 17.1 Å². The van der Waals surface area contributed by atoms with E-state index in [0.29, 0.717) is 27.9 Å². The van der Waals surface area contributed by atoms with Gasteiger partial charge in [0.05, 0.1) is 60.8 Å². The van der Waals surface area contributed by atoms with Gasteiger partial charge in [0.1, 0.15) is 17.3 Å². The lowest BCUT2D eigenvalue weighted by Gasteiger charge is -2.12. The van der Waals surface area contributed by atoms with Crippen molar-refractivity contribution in [1.29, 1.82) is 0 Å². The number of aryl methyl sites for hydroxylation is 1. The number of ketones is 1. The Kier molecular flexibility index (Phi) is 8.83. The number of azo groups is 1. The van der Waals surface area contributed by atoms with Crippen molar-refractivity contribution in [1.82, 2.24) is 10.3 Å². The maximum Gasteiger partial charge on any atom is 0.259 e. The molecule has 9 nitrogen and oxygen atoms in total. The van der Waals surface area contributed by atoms with Crippen molar-refractivity contribution in [3.63, 3.8) is 0 Å². The second kappa shape index (κ2) is 13.5. The number of carbonyl (C=O) groups excluding carboxylic acids is 2. The van der Waals surface area contributed by atoms with E-state index < -0.39 is 5.91 Å². The number of aliphatic imine (C=N–C) groups is 1. The van der Waals surface area contributed by atoms with E-state index in [0.717, 1.165) is 32.9 Å². The average molecular weight is 781 g/mol. The Morgan fingerprint density at radius 3 is 2.26 bits per heavy atom. The highest BCUT2D eigenvalue weighted by Crippen LogP contribution is 2.45. The molecule has 0 saturated carbocycles. The summed E-state index contributed by atoms with van der Waals surface area (Å²) >= 11 is 25.2. The Morgan fingerprint density at radius 1 is 0.811 bits per heavy atom. The van der Waals surface area contributed by atoms with E-state index in [-0.39, 0.29) is 66.3 Å². The number of phenolic OH excluding ortho intramolecular Hbond substituents is 1. The zero-order valence-electron chi connectivity index (χ0n) is 27.8. The summed E-state index contributed by atoms with van der Waals surface area (Å²) in [6, 6.07) is 25.7. The van der Waals surface area contributed by atoms with Gasteiger partial charge in [-0.25, -0.2) is 4.99 Å². The second-order valence-electron chi connectivity index (χ2n) is 12.4. The average Bonchev–Trinajstić information content (AvgIpc) is 3.70. The summed E-state index contributed by atoms with van der Waals surface area (Å²) in [4.78, 5) is 34.6. The topological polar surface area (TPSA) is 128 Å². The number of fused-ring (bicyclic) bond motifs is 6. The number of benzene rings is 6. The number of aromatic nitrogens is 1. The second-order valence-corrected chi connectivity index (χ2v) is 13.9. The number of nitrogens with one attached hydrogen (secondary N) is 2. The van der Waals surface area contributed by atoms with Gasteiger partial charge in [0.15, 0.2) is 11.5 Å². The van der Waals surface area contributed by atoms with Crippen LogP contribution in [0.25, 0.3) is 32.6 Å². The van der Waals surface area contributed by atoms with Gasteiger partial charge in [-0.05, 0) is 72.0 Å². The minimum atomic E-state index is -0.509. The number of rotatable bonds is 7. The number of carbonyl (C=O) groups is 2. The molecule has 8 rings (SSSR count). The van der Waals surface area contributed by atoms with Crippen LogP contribution < -0.4 is 10.1 Å². The molecule has 0 fully saturated rings. The predicted octanol–water partition coefficient (Wildman–Crippen LogP) is 11.8. The van der Waals surface area contributed by atoms with Gasteiger partial charge in [0.25, 0.3) is 5.91 Å². The number of amidine groups is 1. The lowest BCUT2D eigenvalue weighted by atomic mass is 9.95. The number of hydrogen-bond acceptors (Lipinski definition) is 7. The van der Waals surface area contributed by atoms with Crippen LogP contribution >= 0.6 is 46.4 Å². The highest BCUT2D eigenvalue weighted by atomic mass is 35.5. The molecule has 53 heavy (non-hydrogen) atoms. The lowest BCUT2D eigenvalue weighted by molar-refractivity contribution is 0.0977. The third-order valence-corrected chi connectivity index (χ3v) is 11.1. The maximum absolute atomic E-state index is 13.8. The van der Waals surface area contributed by atoms with E-state index in [4.69, 9.17) is 51.1 Å². The number of halogens is 4. The van der Waals surface area contributed by atoms with Gasteiger partial charge in [-0.15, -0.1) is 5.11 Å². The number of hydrogen-bond donors (Lipinski definition) is 3. The number of phenols is 1. The Labute approximate surface area is 321 Å². The summed E-state index contributed by atoms with van der Waals surface area (Å²) < 4.78 is 5.32. The van der Waals surface area contributed by atoms with Crippen LogP contribution in [-0.2, 0) is 6.42 Å². The summed E-state index contributed by atoms with van der Waals surface area (Å²) in [7, 11) is 1.59. The first-order valence-corrected chi connectivity index (χ1v) is 17.7. The summed E-state index contributed by atoms with van der Waals surface area (Å²) in [6.45, 7) is 1.91. The monoisotopic (exact) mass is 779 g/mol. The van der Waals surface area contributed by atoms with Gasteiger partial charge in [0.2, 0.25) is 0 Å². The number of aromatic hydroxyl groups is 1. The fourth-order valence-corrected chi connectivity index (χ4v) is 7.59. The van der Waals surface area contributed by atoms with Gasteiger partial charge in [-0.3, -0.25) is 9.59 Å². The summed E-state index contributed by atoms with van der Waals surface area (Å²) in [5.74, 6) is -0.213. The number of aromatic amines is 1. The molecule has 0 spiro atoms. The van der Waals surface area contributed by atoms with E-state index in [9.17, 15) is 14.7 Å². The fraction of sp³-hybridized carbons (Fsp3) is 0.0750. The highest BCUT2D eigenvalue weighted by molar-refractivity contribution is 6.55. The van der Waals surface area contributed by atoms with Crippen molar-refractivity contribution in [3.8, 4) is 11.5 Å². The normalized spacial score (nSPS) is 13.5. The number of Topliss-reactive ketones (excluding diaryl/α,β-unsaturated/α-hetero) is 1. The van der Waals surface area contributed by atoms with Crippen molar-refractivity contribution in [2.24, 2.45) is 15.2 Å². The fourth-order valence-electron chi connectivity index (χ4n) is 6.57. The third-order valence-electron chi connectivity index (χ3n) is 9.25. The van der Waals surface area contributed by atoms with E-state index in [1.165, 1.54) is 0 Å². The molecule has 6 aromatic carbocycles. The summed E-state index contributed by atoms with van der Waals surface area (Å²) in [6.07, 6.45) is 0.0612. The highest BCUT2D eigenvalue weighted by Gasteiger charge is 2.34. The minimum absolute atomic E-state index is 0.0131. The number of methoxy groups -OCH3 is 1. The number of amides is 1. The van der Waals surface area contributed by atoms with Gasteiger partial charge in [-0.2, -0.15) is 5.11 Å². The molecule has 1 amide bonds. The van der Waals surface area contributed by atoms with Crippen LogP contribution in [0.3, 0.4) is 0 Å². The van der Waals surface area contributed by atoms with Gasteiger partial charge in [-0.1, -0.05) is 82.8 Å². The first-order chi connectivity index (χ1) is 25.5. The SMILES string of the molecule is COc1ccc(CC(=O)c2cc3ccc4c5ccccc5[nH]c4c3c(N=Nc3ccc(N=C4NC(=O)c5c(Cl)c(Cl)c(Cl)c(Cl)c54)cc3)c2O)c(C)c1. The lowest BCUT2D eigenvalue weighted by Crippen LogP contribution is -2.21. The first-order valence-electron chi connectivity index (χ1n) is 16.2. The summed E-state index contributed by atoms with van der Waals surface area (Å²) in [5, 5.41) is 26.8. The van der Waals surface area contributed by atoms with Crippen molar-refractivity contribution in [2.45, 2.75) is 13.3 Å². The van der Waals surface area contributed by atoms with Gasteiger partial charge >= 0.3 is 0 Å². The van der Waals surface area contributed by atoms with Crippen LogP contribution in [0.5, 0.6) is 11.5 Å². The van der Waals surface area contributed by atoms with E-state index in [1.807, 2.05) is 55.5 Å². The minimum Gasteiger partial charge on any atom is -0.505 e. The molecule has 1 aliphatic heterocycles. The van der Waals surface area contributed by atoms with Crippen molar-refractivity contribution >= 4 is 114 Å². The molecule has 0 atom stereocenters. The zero-order chi connectivity index (χ0) is 37.1. The quantitative estimate of drug-likeness (QED) is 0.0643. The molecule has 0 saturated heterocycles. The molecule has 1 aromatic heterocycles. The smallest absolute Gasteiger partial charge is 0.259 e. The molecular formula is C40H25Cl4N5O4. The van der Waals surface area contributed by atoms with Crippen molar-refractivity contribution in [2.75, 3.05) is 7.11 Å². The molecular weight excluding hydrogens is 756 g/mol. The number of H-pyrrole nitrogens is 1. The molecule has 0 unspecified atom stereocenters. The van der Waals surface area contributed by atoms with Crippen LogP contribution in [-0.4, -0.2) is 34.7 Å². The molecule has 0 aliphatic carbocycles. The molecule has 0 radical (unpaired) electrons. The van der Waals surface area contributed by atoms with Crippen LogP contribution in [0.1, 0.15) is 37.4 Å². The Balaban J connectivity index is 1.20. The number of ether oxygens (including phenoxy) is 1. The zero-order valence-corrected chi connectivity index (χ0v) is 30.8.